The summed E-state index contributed by atoms with van der Waals surface area (Å²) in [7, 11) is 0. The number of benzene rings is 1. The minimum atomic E-state index is -0.355. The normalized spacial score (nSPS) is 19.4. The van der Waals surface area contributed by atoms with Gasteiger partial charge in [0.2, 0.25) is 11.8 Å². The minimum Gasteiger partial charge on any atom is -0.343 e. The summed E-state index contributed by atoms with van der Waals surface area (Å²) in [6.45, 7) is 4.90. The monoisotopic (exact) mass is 274 g/mol. The maximum Gasteiger partial charge on any atom is 0.245 e. The highest BCUT2D eigenvalue weighted by Crippen LogP contribution is 2.12. The summed E-state index contributed by atoms with van der Waals surface area (Å²) in [5, 5.41) is 2.80. The number of carbonyl (C=O) groups is 2. The van der Waals surface area contributed by atoms with Crippen LogP contribution in [0, 0.1) is 5.92 Å². The average molecular weight is 274 g/mol. The molecule has 1 fully saturated rings. The number of nitrogens with one attached hydrogen (secondary N) is 1. The fraction of sp³-hybridized carbons (Fsp3) is 0.500. The first kappa shape index (κ1) is 14.6. The highest BCUT2D eigenvalue weighted by Gasteiger charge is 2.32. The van der Waals surface area contributed by atoms with Gasteiger partial charge in [-0.1, -0.05) is 44.2 Å². The third-order valence-electron chi connectivity index (χ3n) is 3.50. The van der Waals surface area contributed by atoms with E-state index in [-0.39, 0.29) is 24.4 Å². The van der Waals surface area contributed by atoms with Crippen LogP contribution in [0.2, 0.25) is 0 Å². The molecule has 1 aliphatic heterocycles. The molecule has 0 saturated carbocycles. The molecule has 4 nitrogen and oxygen atoms in total. The van der Waals surface area contributed by atoms with Crippen molar-refractivity contribution in [1.82, 2.24) is 10.2 Å². The summed E-state index contributed by atoms with van der Waals surface area (Å²) in [5.74, 6) is 0.385. The van der Waals surface area contributed by atoms with E-state index >= 15 is 0 Å². The SMILES string of the molecule is CC(C)CC1NC(=O)CN(CCc2ccccc2)C1=O. The van der Waals surface area contributed by atoms with Crippen LogP contribution < -0.4 is 5.32 Å². The number of amides is 2. The van der Waals surface area contributed by atoms with E-state index in [1.807, 2.05) is 30.3 Å². The molecule has 1 saturated heterocycles. The quantitative estimate of drug-likeness (QED) is 0.886. The van der Waals surface area contributed by atoms with Gasteiger partial charge in [0.15, 0.2) is 0 Å². The molecule has 0 bridgehead atoms. The molecule has 1 heterocycles. The van der Waals surface area contributed by atoms with Crippen molar-refractivity contribution in [3.8, 4) is 0 Å². The van der Waals surface area contributed by atoms with Gasteiger partial charge in [-0.05, 0) is 24.3 Å². The third kappa shape index (κ3) is 3.83. The number of hydrogen-bond donors (Lipinski definition) is 1. The molecular formula is C16H22N2O2. The third-order valence-corrected chi connectivity index (χ3v) is 3.50. The van der Waals surface area contributed by atoms with Gasteiger partial charge in [-0.2, -0.15) is 0 Å². The Balaban J connectivity index is 1.96. The minimum absolute atomic E-state index is 0.0502. The van der Waals surface area contributed by atoms with Crippen LogP contribution in [-0.2, 0) is 16.0 Å². The first-order valence-electron chi connectivity index (χ1n) is 7.18. The van der Waals surface area contributed by atoms with Crippen LogP contribution in [0.1, 0.15) is 25.8 Å². The Kier molecular flexibility index (Phi) is 4.77. The summed E-state index contributed by atoms with van der Waals surface area (Å²) in [6.07, 6.45) is 1.49. The topological polar surface area (TPSA) is 49.4 Å². The van der Waals surface area contributed by atoms with Gasteiger partial charge >= 0.3 is 0 Å². The van der Waals surface area contributed by atoms with Gasteiger partial charge < -0.3 is 10.2 Å². The molecule has 0 radical (unpaired) electrons. The van der Waals surface area contributed by atoms with Gasteiger partial charge in [-0.15, -0.1) is 0 Å². The van der Waals surface area contributed by atoms with Crippen LogP contribution in [0.25, 0.3) is 0 Å². The number of carbonyl (C=O) groups excluding carboxylic acids is 2. The van der Waals surface area contributed by atoms with E-state index in [9.17, 15) is 9.59 Å². The zero-order chi connectivity index (χ0) is 14.5. The predicted molar refractivity (Wildman–Crippen MR) is 78.1 cm³/mol. The van der Waals surface area contributed by atoms with E-state index in [0.717, 1.165) is 6.42 Å². The highest BCUT2D eigenvalue weighted by atomic mass is 16.2. The van der Waals surface area contributed by atoms with Crippen LogP contribution in [0.4, 0.5) is 0 Å². The zero-order valence-electron chi connectivity index (χ0n) is 12.1. The molecular weight excluding hydrogens is 252 g/mol. The van der Waals surface area contributed by atoms with Gasteiger partial charge in [0.1, 0.15) is 6.04 Å². The molecule has 0 spiro atoms. The van der Waals surface area contributed by atoms with Crippen molar-refractivity contribution in [1.29, 1.82) is 0 Å². The van der Waals surface area contributed by atoms with Crippen molar-refractivity contribution in [3.05, 3.63) is 35.9 Å². The smallest absolute Gasteiger partial charge is 0.245 e. The van der Waals surface area contributed by atoms with Crippen molar-refractivity contribution in [2.24, 2.45) is 5.92 Å². The Hall–Kier alpha value is -1.84. The second-order valence-corrected chi connectivity index (χ2v) is 5.75. The summed E-state index contributed by atoms with van der Waals surface area (Å²) < 4.78 is 0. The fourth-order valence-corrected chi connectivity index (χ4v) is 2.50. The van der Waals surface area contributed by atoms with Crippen molar-refractivity contribution in [2.45, 2.75) is 32.7 Å². The van der Waals surface area contributed by atoms with Gasteiger partial charge in [0, 0.05) is 6.54 Å². The van der Waals surface area contributed by atoms with Crippen molar-refractivity contribution < 1.29 is 9.59 Å². The molecule has 0 aromatic heterocycles. The predicted octanol–water partition coefficient (Wildman–Crippen LogP) is 1.60. The lowest BCUT2D eigenvalue weighted by Gasteiger charge is -2.33. The number of nitrogens with zero attached hydrogens (tertiary/aromatic N) is 1. The van der Waals surface area contributed by atoms with Crippen LogP contribution in [-0.4, -0.2) is 35.8 Å². The largest absolute Gasteiger partial charge is 0.343 e. The van der Waals surface area contributed by atoms with Gasteiger partial charge in [0.05, 0.1) is 6.54 Å². The molecule has 0 aliphatic carbocycles. The van der Waals surface area contributed by atoms with Crippen molar-refractivity contribution in [2.75, 3.05) is 13.1 Å². The summed E-state index contributed by atoms with van der Waals surface area (Å²) >= 11 is 0. The Labute approximate surface area is 120 Å². The van der Waals surface area contributed by atoms with Crippen molar-refractivity contribution in [3.63, 3.8) is 0 Å². The van der Waals surface area contributed by atoms with E-state index in [2.05, 4.69) is 19.2 Å². The molecule has 1 atom stereocenters. The Morgan fingerprint density at radius 2 is 1.95 bits per heavy atom. The van der Waals surface area contributed by atoms with Gasteiger partial charge in [-0.25, -0.2) is 0 Å². The van der Waals surface area contributed by atoms with E-state index in [1.165, 1.54) is 5.56 Å². The number of piperazine rings is 1. The molecule has 4 heteroatoms. The second kappa shape index (κ2) is 6.55. The van der Waals surface area contributed by atoms with Gasteiger partial charge in [0.25, 0.3) is 0 Å². The zero-order valence-corrected chi connectivity index (χ0v) is 12.1. The number of rotatable bonds is 5. The molecule has 1 unspecified atom stereocenters. The highest BCUT2D eigenvalue weighted by molar-refractivity contribution is 5.94. The summed E-state index contributed by atoms with van der Waals surface area (Å²) in [6, 6.07) is 9.68. The van der Waals surface area contributed by atoms with Gasteiger partial charge in [-0.3, -0.25) is 9.59 Å². The summed E-state index contributed by atoms with van der Waals surface area (Å²) in [5.41, 5.74) is 1.19. The average Bonchev–Trinajstić information content (AvgIpc) is 2.41. The lowest BCUT2D eigenvalue weighted by Crippen LogP contribution is -2.58. The fourth-order valence-electron chi connectivity index (χ4n) is 2.50. The maximum absolute atomic E-state index is 12.3. The molecule has 108 valence electrons. The lowest BCUT2D eigenvalue weighted by atomic mass is 10.0. The standard InChI is InChI=1S/C16H22N2O2/c1-12(2)10-14-16(20)18(11-15(19)17-14)9-8-13-6-4-3-5-7-13/h3-7,12,14H,8-11H2,1-2H3,(H,17,19). The molecule has 2 amide bonds. The van der Waals surface area contributed by atoms with Crippen LogP contribution in [0.15, 0.2) is 30.3 Å². The maximum atomic E-state index is 12.3. The summed E-state index contributed by atoms with van der Waals surface area (Å²) in [4.78, 5) is 25.7. The van der Waals surface area contributed by atoms with E-state index in [4.69, 9.17) is 0 Å². The molecule has 2 rings (SSSR count). The molecule has 1 aliphatic rings. The Morgan fingerprint density at radius 3 is 2.60 bits per heavy atom. The number of hydrogen-bond acceptors (Lipinski definition) is 2. The Morgan fingerprint density at radius 1 is 1.25 bits per heavy atom. The lowest BCUT2D eigenvalue weighted by molar-refractivity contribution is -0.144. The van der Waals surface area contributed by atoms with Crippen LogP contribution in [0.5, 0.6) is 0 Å². The van der Waals surface area contributed by atoms with Crippen molar-refractivity contribution >= 4 is 11.8 Å². The first-order chi connectivity index (χ1) is 9.56. The molecule has 1 aromatic rings. The van der Waals surface area contributed by atoms with E-state index < -0.39 is 0 Å². The second-order valence-electron chi connectivity index (χ2n) is 5.75. The van der Waals surface area contributed by atoms with Crippen LogP contribution in [0.3, 0.4) is 0 Å². The van der Waals surface area contributed by atoms with Crippen LogP contribution >= 0.6 is 0 Å². The van der Waals surface area contributed by atoms with E-state index in [0.29, 0.717) is 18.9 Å². The molecule has 1 aromatic carbocycles. The first-order valence-corrected chi connectivity index (χ1v) is 7.18. The molecule has 1 N–H and O–H groups in total. The molecule has 20 heavy (non-hydrogen) atoms. The van der Waals surface area contributed by atoms with E-state index in [1.54, 1.807) is 4.90 Å². The Bertz CT molecular complexity index is 471.